The van der Waals surface area contributed by atoms with E-state index in [2.05, 4.69) is 13.5 Å². The van der Waals surface area contributed by atoms with Crippen molar-refractivity contribution in [3.63, 3.8) is 0 Å². The predicted octanol–water partition coefficient (Wildman–Crippen LogP) is 2.36. The zero-order valence-electron chi connectivity index (χ0n) is 11.0. The van der Waals surface area contributed by atoms with Crippen LogP contribution >= 0.6 is 0 Å². The molecule has 1 aliphatic heterocycles. The maximum Gasteiger partial charge on any atom is 0.334 e. The second-order valence-electron chi connectivity index (χ2n) is 6.18. The Hall–Kier alpha value is -1.09. The molecular formula is C15H20O3. The summed E-state index contributed by atoms with van der Waals surface area (Å²) in [4.78, 5) is 11.7. The number of ether oxygens (including phenoxy) is 1. The third-order valence-electron chi connectivity index (χ3n) is 5.00. The number of aliphatic hydroxyl groups is 1. The van der Waals surface area contributed by atoms with Crippen LogP contribution in [0.25, 0.3) is 0 Å². The Morgan fingerprint density at radius 2 is 2.17 bits per heavy atom. The summed E-state index contributed by atoms with van der Waals surface area (Å²) in [5.74, 6) is -0.223. The highest BCUT2D eigenvalue weighted by Gasteiger charge is 2.54. The summed E-state index contributed by atoms with van der Waals surface area (Å²) < 4.78 is 5.52. The fourth-order valence-corrected chi connectivity index (χ4v) is 3.91. The van der Waals surface area contributed by atoms with Crippen LogP contribution in [0.3, 0.4) is 0 Å². The first-order valence-corrected chi connectivity index (χ1v) is 6.72. The van der Waals surface area contributed by atoms with Crippen molar-refractivity contribution in [2.45, 2.75) is 51.2 Å². The van der Waals surface area contributed by atoms with Gasteiger partial charge in [-0.25, -0.2) is 4.79 Å². The van der Waals surface area contributed by atoms with Crippen molar-refractivity contribution < 1.29 is 14.6 Å². The van der Waals surface area contributed by atoms with E-state index < -0.39 is 5.60 Å². The Morgan fingerprint density at radius 3 is 2.89 bits per heavy atom. The SMILES string of the molecule is C=C1C(=O)O[C@@H]2[C@@H]1CCC(C)=C1CC[C@@](C)(O)[C@H]12. The van der Waals surface area contributed by atoms with E-state index in [1.807, 2.05) is 6.92 Å². The van der Waals surface area contributed by atoms with E-state index in [4.69, 9.17) is 4.74 Å². The number of rotatable bonds is 0. The third-order valence-corrected chi connectivity index (χ3v) is 5.00. The molecule has 0 aromatic carbocycles. The minimum atomic E-state index is -0.755. The molecule has 1 N–H and O–H groups in total. The molecule has 98 valence electrons. The van der Waals surface area contributed by atoms with Gasteiger partial charge in [0.15, 0.2) is 0 Å². The molecule has 0 spiro atoms. The van der Waals surface area contributed by atoms with Gasteiger partial charge in [0.25, 0.3) is 0 Å². The molecule has 1 saturated carbocycles. The highest BCUT2D eigenvalue weighted by atomic mass is 16.6. The van der Waals surface area contributed by atoms with E-state index in [-0.39, 0.29) is 23.9 Å². The van der Waals surface area contributed by atoms with Crippen LogP contribution in [-0.4, -0.2) is 22.8 Å². The van der Waals surface area contributed by atoms with E-state index in [1.165, 1.54) is 11.1 Å². The lowest BCUT2D eigenvalue weighted by Crippen LogP contribution is -2.40. The molecule has 4 atom stereocenters. The van der Waals surface area contributed by atoms with Crippen molar-refractivity contribution >= 4 is 5.97 Å². The van der Waals surface area contributed by atoms with Crippen molar-refractivity contribution in [1.82, 2.24) is 0 Å². The molecule has 0 aromatic heterocycles. The monoisotopic (exact) mass is 248 g/mol. The maximum atomic E-state index is 11.7. The number of carbonyl (C=O) groups is 1. The molecule has 1 saturated heterocycles. The fourth-order valence-electron chi connectivity index (χ4n) is 3.91. The van der Waals surface area contributed by atoms with Gasteiger partial charge >= 0.3 is 5.97 Å². The Bertz CT molecular complexity index is 458. The minimum absolute atomic E-state index is 0.0341. The smallest absolute Gasteiger partial charge is 0.334 e. The number of allylic oxidation sites excluding steroid dienone is 1. The van der Waals surface area contributed by atoms with Gasteiger partial charge in [-0.3, -0.25) is 0 Å². The zero-order valence-corrected chi connectivity index (χ0v) is 11.0. The Balaban J connectivity index is 2.06. The van der Waals surface area contributed by atoms with Crippen molar-refractivity contribution in [1.29, 1.82) is 0 Å². The predicted molar refractivity (Wildman–Crippen MR) is 67.8 cm³/mol. The highest BCUT2D eigenvalue weighted by molar-refractivity contribution is 5.91. The molecule has 0 bridgehead atoms. The number of carbonyl (C=O) groups excluding carboxylic acids is 1. The third kappa shape index (κ3) is 1.50. The minimum Gasteiger partial charge on any atom is -0.458 e. The molecule has 1 heterocycles. The number of hydrogen-bond acceptors (Lipinski definition) is 3. The average molecular weight is 248 g/mol. The van der Waals surface area contributed by atoms with Gasteiger partial charge in [-0.2, -0.15) is 0 Å². The molecule has 0 aromatic rings. The average Bonchev–Trinajstić information content (AvgIpc) is 2.69. The molecule has 0 amide bonds. The molecule has 3 rings (SSSR count). The van der Waals surface area contributed by atoms with E-state index in [0.717, 1.165) is 25.7 Å². The van der Waals surface area contributed by atoms with E-state index in [9.17, 15) is 9.90 Å². The normalized spacial score (nSPS) is 43.6. The molecule has 3 nitrogen and oxygen atoms in total. The lowest BCUT2D eigenvalue weighted by molar-refractivity contribution is -0.144. The van der Waals surface area contributed by atoms with Crippen molar-refractivity contribution in [3.05, 3.63) is 23.3 Å². The molecule has 3 aliphatic rings. The maximum absolute atomic E-state index is 11.7. The van der Waals surface area contributed by atoms with Crippen LogP contribution in [0.2, 0.25) is 0 Å². The van der Waals surface area contributed by atoms with Gasteiger partial charge in [0.2, 0.25) is 0 Å². The van der Waals surface area contributed by atoms with Crippen molar-refractivity contribution in [2.75, 3.05) is 0 Å². The van der Waals surface area contributed by atoms with Gasteiger partial charge in [0, 0.05) is 17.4 Å². The summed E-state index contributed by atoms with van der Waals surface area (Å²) in [6, 6.07) is 0. The summed E-state index contributed by atoms with van der Waals surface area (Å²) in [5, 5.41) is 10.6. The first kappa shape index (κ1) is 12.0. The molecule has 2 aliphatic carbocycles. The lowest BCUT2D eigenvalue weighted by Gasteiger charge is -2.32. The Kier molecular flexibility index (Phi) is 2.46. The Labute approximate surface area is 108 Å². The van der Waals surface area contributed by atoms with Crippen LogP contribution in [0, 0.1) is 11.8 Å². The molecular weight excluding hydrogens is 228 g/mol. The number of esters is 1. The van der Waals surface area contributed by atoms with Gasteiger partial charge in [-0.05, 0) is 39.5 Å². The van der Waals surface area contributed by atoms with Crippen LogP contribution in [0.1, 0.15) is 39.5 Å². The van der Waals surface area contributed by atoms with Crippen LogP contribution in [0.15, 0.2) is 23.3 Å². The standard InChI is InChI=1S/C15H20O3/c1-8-4-5-11-9(2)14(16)18-13(11)12-10(8)6-7-15(12,3)17/h11-13,17H,2,4-7H2,1,3H3/t11-,12-,13-,15-/m1/s1. The summed E-state index contributed by atoms with van der Waals surface area (Å²) in [7, 11) is 0. The van der Waals surface area contributed by atoms with Crippen LogP contribution < -0.4 is 0 Å². The molecule has 2 fully saturated rings. The lowest BCUT2D eigenvalue weighted by atomic mass is 9.79. The molecule has 3 heteroatoms. The molecule has 18 heavy (non-hydrogen) atoms. The zero-order chi connectivity index (χ0) is 13.1. The fraction of sp³-hybridized carbons (Fsp3) is 0.667. The van der Waals surface area contributed by atoms with Crippen molar-refractivity contribution in [2.24, 2.45) is 11.8 Å². The topological polar surface area (TPSA) is 46.5 Å². The van der Waals surface area contributed by atoms with Gasteiger partial charge in [0.05, 0.1) is 5.60 Å². The van der Waals surface area contributed by atoms with Gasteiger partial charge in [-0.1, -0.05) is 17.7 Å². The quantitative estimate of drug-likeness (QED) is 0.406. The summed E-state index contributed by atoms with van der Waals surface area (Å²) in [5.41, 5.74) is 2.53. The van der Waals surface area contributed by atoms with Crippen LogP contribution in [0.5, 0.6) is 0 Å². The van der Waals surface area contributed by atoms with Crippen LogP contribution in [0.4, 0.5) is 0 Å². The van der Waals surface area contributed by atoms with Crippen LogP contribution in [-0.2, 0) is 9.53 Å². The largest absolute Gasteiger partial charge is 0.458 e. The van der Waals surface area contributed by atoms with Gasteiger partial charge in [0.1, 0.15) is 6.10 Å². The highest BCUT2D eigenvalue weighted by Crippen LogP contribution is 2.52. The van der Waals surface area contributed by atoms with Gasteiger partial charge < -0.3 is 9.84 Å². The number of hydrogen-bond donors (Lipinski definition) is 1. The van der Waals surface area contributed by atoms with Crippen molar-refractivity contribution in [3.8, 4) is 0 Å². The second kappa shape index (κ2) is 3.70. The first-order valence-electron chi connectivity index (χ1n) is 6.72. The summed E-state index contributed by atoms with van der Waals surface area (Å²) >= 11 is 0. The first-order chi connectivity index (χ1) is 8.42. The molecule has 0 unspecified atom stereocenters. The van der Waals surface area contributed by atoms with E-state index in [1.54, 1.807) is 0 Å². The van der Waals surface area contributed by atoms with Gasteiger partial charge in [-0.15, -0.1) is 0 Å². The van der Waals surface area contributed by atoms with E-state index in [0.29, 0.717) is 5.57 Å². The summed E-state index contributed by atoms with van der Waals surface area (Å²) in [6.07, 6.45) is 3.39. The van der Waals surface area contributed by atoms with E-state index >= 15 is 0 Å². The molecule has 0 radical (unpaired) electrons. The second-order valence-corrected chi connectivity index (χ2v) is 6.18. The summed E-state index contributed by atoms with van der Waals surface area (Å²) in [6.45, 7) is 7.89. The number of fused-ring (bicyclic) bond motifs is 3. The Morgan fingerprint density at radius 1 is 1.44 bits per heavy atom.